The molecule has 0 aliphatic carbocycles. The van der Waals surface area contributed by atoms with E-state index in [0.29, 0.717) is 0 Å². The molecule has 0 N–H and O–H groups in total. The van der Waals surface area contributed by atoms with Crippen molar-refractivity contribution in [3.05, 3.63) is 0 Å². The van der Waals surface area contributed by atoms with E-state index in [1.165, 1.54) is 6.92 Å². The fourth-order valence-electron chi connectivity index (χ4n) is 1.12. The third kappa shape index (κ3) is 4.73. The molecule has 0 radical (unpaired) electrons. The first-order valence-electron chi connectivity index (χ1n) is 5.84. The van der Waals surface area contributed by atoms with Crippen molar-refractivity contribution in [2.75, 3.05) is 19.8 Å². The highest BCUT2D eigenvalue weighted by molar-refractivity contribution is 5.99. The van der Waals surface area contributed by atoms with Gasteiger partial charge in [0.2, 0.25) is 0 Å². The van der Waals surface area contributed by atoms with E-state index in [1.807, 2.05) is 13.8 Å². The van der Waals surface area contributed by atoms with E-state index in [-0.39, 0.29) is 25.9 Å². The fourth-order valence-corrected chi connectivity index (χ4v) is 1.12. The molecule has 0 bridgehead atoms. The minimum Gasteiger partial charge on any atom is -0.465 e. The highest BCUT2D eigenvalue weighted by Crippen LogP contribution is 2.22. The van der Waals surface area contributed by atoms with Crippen LogP contribution in [-0.4, -0.2) is 37.9 Å². The minimum absolute atomic E-state index is 0.0394. The van der Waals surface area contributed by atoms with Crippen LogP contribution in [0.25, 0.3) is 0 Å². The third-order valence-corrected chi connectivity index (χ3v) is 2.16. The van der Waals surface area contributed by atoms with Crippen molar-refractivity contribution >= 4 is 11.9 Å². The Morgan fingerprint density at radius 3 is 1.76 bits per heavy atom. The molecule has 17 heavy (non-hydrogen) atoms. The van der Waals surface area contributed by atoms with Crippen LogP contribution < -0.4 is 0 Å². The minimum atomic E-state index is -1.39. The van der Waals surface area contributed by atoms with Crippen LogP contribution >= 0.6 is 0 Å². The summed E-state index contributed by atoms with van der Waals surface area (Å²) in [6, 6.07) is 0. The molecule has 0 heterocycles. The predicted octanol–water partition coefficient (Wildman–Crippen LogP) is 1.54. The number of hydrogen-bond donors (Lipinski definition) is 0. The standard InChI is InChI=1S/C12H22O5/c1-6-15-10(13)12(5,8-17-9(3)4)11(14)16-7-2/h9H,6-8H2,1-5H3. The Morgan fingerprint density at radius 2 is 1.47 bits per heavy atom. The molecule has 0 unspecified atom stereocenters. The van der Waals surface area contributed by atoms with Crippen LogP contribution in [0, 0.1) is 5.41 Å². The summed E-state index contributed by atoms with van der Waals surface area (Å²) in [6.45, 7) is 8.91. The summed E-state index contributed by atoms with van der Waals surface area (Å²) in [5.41, 5.74) is -1.39. The number of esters is 2. The molecule has 5 nitrogen and oxygen atoms in total. The maximum absolute atomic E-state index is 11.8. The summed E-state index contributed by atoms with van der Waals surface area (Å²) in [7, 11) is 0. The van der Waals surface area contributed by atoms with E-state index in [0.717, 1.165) is 0 Å². The van der Waals surface area contributed by atoms with Gasteiger partial charge in [0, 0.05) is 0 Å². The van der Waals surface area contributed by atoms with Crippen LogP contribution in [0.5, 0.6) is 0 Å². The van der Waals surface area contributed by atoms with Crippen molar-refractivity contribution in [2.24, 2.45) is 5.41 Å². The van der Waals surface area contributed by atoms with Gasteiger partial charge in [-0.3, -0.25) is 9.59 Å². The second kappa shape index (κ2) is 7.27. The average Bonchev–Trinajstić information content (AvgIpc) is 2.26. The average molecular weight is 246 g/mol. The topological polar surface area (TPSA) is 61.8 Å². The second-order valence-corrected chi connectivity index (χ2v) is 4.13. The zero-order valence-corrected chi connectivity index (χ0v) is 11.2. The van der Waals surface area contributed by atoms with Gasteiger partial charge < -0.3 is 14.2 Å². The van der Waals surface area contributed by atoms with Crippen LogP contribution in [-0.2, 0) is 23.8 Å². The lowest BCUT2D eigenvalue weighted by atomic mass is 9.92. The molecule has 0 aliphatic rings. The zero-order chi connectivity index (χ0) is 13.5. The molecule has 100 valence electrons. The molecule has 0 rings (SSSR count). The summed E-state index contributed by atoms with van der Waals surface area (Å²) in [5, 5.41) is 0. The lowest BCUT2D eigenvalue weighted by molar-refractivity contribution is -0.176. The molecular weight excluding hydrogens is 224 g/mol. The first-order valence-corrected chi connectivity index (χ1v) is 5.84. The maximum atomic E-state index is 11.8. The Hall–Kier alpha value is -1.10. The monoisotopic (exact) mass is 246 g/mol. The van der Waals surface area contributed by atoms with Crippen LogP contribution in [0.4, 0.5) is 0 Å². The van der Waals surface area contributed by atoms with Gasteiger partial charge in [-0.25, -0.2) is 0 Å². The lowest BCUT2D eigenvalue weighted by Gasteiger charge is -2.25. The van der Waals surface area contributed by atoms with E-state index in [2.05, 4.69) is 0 Å². The summed E-state index contributed by atoms with van der Waals surface area (Å²) in [5.74, 6) is -1.22. The Balaban J connectivity index is 4.79. The van der Waals surface area contributed by atoms with Gasteiger partial charge in [-0.2, -0.15) is 0 Å². The van der Waals surface area contributed by atoms with Gasteiger partial charge in [-0.1, -0.05) is 0 Å². The van der Waals surface area contributed by atoms with Crippen LogP contribution in [0.15, 0.2) is 0 Å². The Morgan fingerprint density at radius 1 is 1.06 bits per heavy atom. The van der Waals surface area contributed by atoms with Gasteiger partial charge in [0.1, 0.15) is 0 Å². The first-order chi connectivity index (χ1) is 7.88. The van der Waals surface area contributed by atoms with Gasteiger partial charge in [0.05, 0.1) is 25.9 Å². The molecule has 0 amide bonds. The number of ether oxygens (including phenoxy) is 3. The van der Waals surface area contributed by atoms with Gasteiger partial charge in [0.25, 0.3) is 0 Å². The van der Waals surface area contributed by atoms with Gasteiger partial charge in [0.15, 0.2) is 5.41 Å². The van der Waals surface area contributed by atoms with Crippen molar-refractivity contribution in [3.63, 3.8) is 0 Å². The predicted molar refractivity (Wildman–Crippen MR) is 62.5 cm³/mol. The molecule has 0 atom stereocenters. The highest BCUT2D eigenvalue weighted by Gasteiger charge is 2.45. The fraction of sp³-hybridized carbons (Fsp3) is 0.833. The van der Waals surface area contributed by atoms with Crippen molar-refractivity contribution in [1.82, 2.24) is 0 Å². The second-order valence-electron chi connectivity index (χ2n) is 4.13. The molecule has 0 aromatic heterocycles. The molecule has 0 aromatic carbocycles. The summed E-state index contributed by atoms with van der Waals surface area (Å²) >= 11 is 0. The molecule has 0 aromatic rings. The van der Waals surface area contributed by atoms with E-state index in [9.17, 15) is 9.59 Å². The van der Waals surface area contributed by atoms with Crippen molar-refractivity contribution < 1.29 is 23.8 Å². The molecule has 5 heteroatoms. The van der Waals surface area contributed by atoms with Crippen LogP contribution in [0.2, 0.25) is 0 Å². The first kappa shape index (κ1) is 15.9. The SMILES string of the molecule is CCOC(=O)C(C)(COC(C)C)C(=O)OCC. The van der Waals surface area contributed by atoms with Gasteiger partial charge in [-0.05, 0) is 34.6 Å². The summed E-state index contributed by atoms with van der Waals surface area (Å²) in [4.78, 5) is 23.6. The molecule has 0 aliphatic heterocycles. The Bertz CT molecular complexity index is 242. The van der Waals surface area contributed by atoms with Crippen molar-refractivity contribution in [3.8, 4) is 0 Å². The maximum Gasteiger partial charge on any atom is 0.325 e. The molecule has 0 saturated carbocycles. The number of carbonyl (C=O) groups is 2. The molecule has 0 fully saturated rings. The van der Waals surface area contributed by atoms with E-state index in [4.69, 9.17) is 14.2 Å². The van der Waals surface area contributed by atoms with E-state index < -0.39 is 17.4 Å². The smallest absolute Gasteiger partial charge is 0.325 e. The number of carbonyl (C=O) groups excluding carboxylic acids is 2. The van der Waals surface area contributed by atoms with Crippen molar-refractivity contribution in [2.45, 2.75) is 40.7 Å². The third-order valence-electron chi connectivity index (χ3n) is 2.16. The van der Waals surface area contributed by atoms with E-state index >= 15 is 0 Å². The normalized spacial score (nSPS) is 11.4. The zero-order valence-electron chi connectivity index (χ0n) is 11.2. The molecule has 0 spiro atoms. The number of rotatable bonds is 7. The van der Waals surface area contributed by atoms with Crippen LogP contribution in [0.1, 0.15) is 34.6 Å². The Kier molecular flexibility index (Phi) is 6.80. The van der Waals surface area contributed by atoms with Crippen LogP contribution in [0.3, 0.4) is 0 Å². The molecule has 0 saturated heterocycles. The lowest BCUT2D eigenvalue weighted by Crippen LogP contribution is -2.43. The number of hydrogen-bond acceptors (Lipinski definition) is 5. The van der Waals surface area contributed by atoms with Gasteiger partial charge >= 0.3 is 11.9 Å². The quantitative estimate of drug-likeness (QED) is 0.503. The largest absolute Gasteiger partial charge is 0.465 e. The summed E-state index contributed by atoms with van der Waals surface area (Å²) in [6.07, 6.45) is -0.0711. The van der Waals surface area contributed by atoms with Crippen molar-refractivity contribution in [1.29, 1.82) is 0 Å². The summed E-state index contributed by atoms with van der Waals surface area (Å²) < 4.78 is 15.1. The Labute approximate surface area is 102 Å². The molecular formula is C12H22O5. The van der Waals surface area contributed by atoms with Gasteiger partial charge in [-0.15, -0.1) is 0 Å². The highest BCUT2D eigenvalue weighted by atomic mass is 16.6. The van der Waals surface area contributed by atoms with E-state index in [1.54, 1.807) is 13.8 Å².